The minimum atomic E-state index is -4.23. The zero-order valence-electron chi connectivity index (χ0n) is 16.3. The molecule has 0 aliphatic carbocycles. The molecule has 4 aromatic rings. The van der Waals surface area contributed by atoms with Gasteiger partial charge in [-0.2, -0.15) is 8.42 Å². The summed E-state index contributed by atoms with van der Waals surface area (Å²) in [4.78, 5) is 11.8. The molecule has 168 valence electrons. The zero-order valence-corrected chi connectivity index (χ0v) is 18.0. The summed E-state index contributed by atoms with van der Waals surface area (Å²) in [6, 6.07) is 13.2. The van der Waals surface area contributed by atoms with Crippen LogP contribution in [-0.2, 0) is 10.1 Å². The Morgan fingerprint density at radius 1 is 0.909 bits per heavy atom. The fraction of sp³-hybridized carbons (Fsp3) is 0. The number of nitrogens with zero attached hydrogens (tertiary/aromatic N) is 2. The van der Waals surface area contributed by atoms with Gasteiger partial charge in [0.25, 0.3) is 5.91 Å². The van der Waals surface area contributed by atoms with Crippen molar-refractivity contribution in [3.63, 3.8) is 0 Å². The number of benzene rings is 3. The van der Waals surface area contributed by atoms with Gasteiger partial charge in [-0.15, -0.1) is 10.2 Å². The van der Waals surface area contributed by atoms with Gasteiger partial charge in [-0.3, -0.25) is 10.1 Å². The number of rotatable bonds is 6. The van der Waals surface area contributed by atoms with E-state index in [-0.39, 0.29) is 15.8 Å². The second-order valence-corrected chi connectivity index (χ2v) is 9.01. The number of hydrogen-bond donors (Lipinski definition) is 1. The number of hydrogen-bond acceptors (Lipinski definition) is 7. The topological polar surface area (TPSA) is 98.2 Å². The lowest BCUT2D eigenvalue weighted by atomic mass is 10.2. The van der Waals surface area contributed by atoms with Crippen molar-refractivity contribution in [1.29, 1.82) is 0 Å². The minimum absolute atomic E-state index is 0.00617. The van der Waals surface area contributed by atoms with E-state index in [1.807, 2.05) is 0 Å². The maximum Gasteiger partial charge on any atom is 0.339 e. The van der Waals surface area contributed by atoms with Gasteiger partial charge in [0.1, 0.15) is 38.7 Å². The molecule has 7 nitrogen and oxygen atoms in total. The Labute approximate surface area is 189 Å². The number of amides is 1. The molecule has 0 bridgehead atoms. The number of aromatic nitrogens is 2. The smallest absolute Gasteiger partial charge is 0.339 e. The molecule has 12 heteroatoms. The molecular formula is C21H12F3N3O4S2. The molecule has 3 aromatic carbocycles. The van der Waals surface area contributed by atoms with E-state index in [0.29, 0.717) is 10.6 Å². The van der Waals surface area contributed by atoms with Crippen molar-refractivity contribution in [3.05, 3.63) is 89.7 Å². The van der Waals surface area contributed by atoms with Gasteiger partial charge in [0, 0.05) is 5.56 Å². The highest BCUT2D eigenvalue weighted by Crippen LogP contribution is 2.29. The second-order valence-electron chi connectivity index (χ2n) is 6.48. The molecule has 1 N–H and O–H groups in total. The summed E-state index contributed by atoms with van der Waals surface area (Å²) in [6.45, 7) is 0. The van der Waals surface area contributed by atoms with Crippen LogP contribution < -0.4 is 9.50 Å². The lowest BCUT2D eigenvalue weighted by Gasteiger charge is -2.07. The first-order valence-corrected chi connectivity index (χ1v) is 11.3. The van der Waals surface area contributed by atoms with Crippen LogP contribution in [0, 0.1) is 17.5 Å². The molecule has 0 saturated carbocycles. The highest BCUT2D eigenvalue weighted by atomic mass is 32.2. The zero-order chi connectivity index (χ0) is 23.6. The third-order valence-electron chi connectivity index (χ3n) is 4.23. The Morgan fingerprint density at radius 2 is 1.58 bits per heavy atom. The first-order chi connectivity index (χ1) is 15.7. The second kappa shape index (κ2) is 9.00. The third-order valence-corrected chi connectivity index (χ3v) is 6.36. The highest BCUT2D eigenvalue weighted by molar-refractivity contribution is 7.87. The molecule has 0 radical (unpaired) electrons. The summed E-state index contributed by atoms with van der Waals surface area (Å²) in [7, 11) is -4.23. The van der Waals surface area contributed by atoms with E-state index in [1.165, 1.54) is 36.4 Å². The first-order valence-electron chi connectivity index (χ1n) is 9.12. The number of carbonyl (C=O) groups is 1. The van der Waals surface area contributed by atoms with Gasteiger partial charge in [-0.25, -0.2) is 13.2 Å². The van der Waals surface area contributed by atoms with Crippen molar-refractivity contribution in [2.24, 2.45) is 0 Å². The molecule has 0 spiro atoms. The molecule has 4 rings (SSSR count). The van der Waals surface area contributed by atoms with Crippen LogP contribution in [0.3, 0.4) is 0 Å². The molecule has 1 amide bonds. The van der Waals surface area contributed by atoms with Crippen LogP contribution in [-0.4, -0.2) is 24.5 Å². The number of nitrogens with one attached hydrogen (secondary N) is 1. The van der Waals surface area contributed by atoms with Gasteiger partial charge in [0.15, 0.2) is 0 Å². The molecule has 0 unspecified atom stereocenters. The van der Waals surface area contributed by atoms with E-state index in [1.54, 1.807) is 0 Å². The fourth-order valence-corrected chi connectivity index (χ4v) is 4.42. The molecular weight excluding hydrogens is 479 g/mol. The van der Waals surface area contributed by atoms with Gasteiger partial charge in [-0.1, -0.05) is 23.5 Å². The van der Waals surface area contributed by atoms with Crippen LogP contribution in [0.15, 0.2) is 71.6 Å². The predicted octanol–water partition coefficient (Wildman–Crippen LogP) is 4.64. The van der Waals surface area contributed by atoms with Crippen LogP contribution >= 0.6 is 11.3 Å². The number of halogens is 3. The lowest BCUT2D eigenvalue weighted by Crippen LogP contribution is -2.15. The molecule has 1 aromatic heterocycles. The van der Waals surface area contributed by atoms with Crippen LogP contribution in [0.25, 0.3) is 10.6 Å². The number of carbonyl (C=O) groups excluding carboxylic acids is 1. The average molecular weight is 491 g/mol. The lowest BCUT2D eigenvalue weighted by molar-refractivity contribution is 0.101. The van der Waals surface area contributed by atoms with Gasteiger partial charge in [0.05, 0.1) is 0 Å². The Morgan fingerprint density at radius 3 is 2.24 bits per heavy atom. The minimum Gasteiger partial charge on any atom is -0.379 e. The maximum absolute atomic E-state index is 13.8. The molecule has 0 atom stereocenters. The molecule has 33 heavy (non-hydrogen) atoms. The highest BCUT2D eigenvalue weighted by Gasteiger charge is 2.20. The quantitative estimate of drug-likeness (QED) is 0.395. The van der Waals surface area contributed by atoms with E-state index in [9.17, 15) is 26.4 Å². The van der Waals surface area contributed by atoms with Crippen molar-refractivity contribution in [1.82, 2.24) is 10.2 Å². The third kappa shape index (κ3) is 5.02. The SMILES string of the molecule is O=C(Nc1nnc(-c2ccc(OS(=O)(=O)c3cccc(F)c3)cc2)s1)c1c(F)cccc1F. The van der Waals surface area contributed by atoms with Gasteiger partial charge in [-0.05, 0) is 54.6 Å². The summed E-state index contributed by atoms with van der Waals surface area (Å²) < 4.78 is 70.4. The summed E-state index contributed by atoms with van der Waals surface area (Å²) in [6.07, 6.45) is 0. The summed E-state index contributed by atoms with van der Waals surface area (Å²) in [5, 5.41) is 10.3. The van der Waals surface area contributed by atoms with E-state index in [0.717, 1.165) is 41.7 Å². The monoisotopic (exact) mass is 491 g/mol. The summed E-state index contributed by atoms with van der Waals surface area (Å²) >= 11 is 0.938. The van der Waals surface area contributed by atoms with Gasteiger partial charge in [0.2, 0.25) is 5.13 Å². The first kappa shape index (κ1) is 22.4. The van der Waals surface area contributed by atoms with Crippen LogP contribution in [0.4, 0.5) is 18.3 Å². The maximum atomic E-state index is 13.8. The molecule has 0 saturated heterocycles. The van der Waals surface area contributed by atoms with Crippen molar-refractivity contribution in [2.45, 2.75) is 4.90 Å². The Bertz CT molecular complexity index is 1420. The normalized spacial score (nSPS) is 11.2. The average Bonchev–Trinajstić information content (AvgIpc) is 3.22. The predicted molar refractivity (Wildman–Crippen MR) is 114 cm³/mol. The largest absolute Gasteiger partial charge is 0.379 e. The fourth-order valence-electron chi connectivity index (χ4n) is 2.72. The van der Waals surface area contributed by atoms with Crippen molar-refractivity contribution >= 4 is 32.5 Å². The van der Waals surface area contributed by atoms with E-state index in [2.05, 4.69) is 15.5 Å². The van der Waals surface area contributed by atoms with E-state index in [4.69, 9.17) is 4.18 Å². The Hall–Kier alpha value is -3.77. The molecule has 1 heterocycles. The Balaban J connectivity index is 1.47. The summed E-state index contributed by atoms with van der Waals surface area (Å²) in [5.41, 5.74) is -0.226. The van der Waals surface area contributed by atoms with Crippen molar-refractivity contribution in [2.75, 3.05) is 5.32 Å². The van der Waals surface area contributed by atoms with Crippen molar-refractivity contribution < 1.29 is 30.6 Å². The van der Waals surface area contributed by atoms with Crippen molar-refractivity contribution in [3.8, 4) is 16.3 Å². The molecule has 0 aliphatic heterocycles. The van der Waals surface area contributed by atoms with E-state index < -0.39 is 39.0 Å². The van der Waals surface area contributed by atoms with Crippen LogP contribution in [0.1, 0.15) is 10.4 Å². The summed E-state index contributed by atoms with van der Waals surface area (Å²) in [5.74, 6) is -3.77. The molecule has 0 aliphatic rings. The van der Waals surface area contributed by atoms with Gasteiger partial charge >= 0.3 is 10.1 Å². The standard InChI is InChI=1S/C21H12F3N3O4S2/c22-13-3-1-4-15(11-13)33(29,30)31-14-9-7-12(8-10-14)20-26-27-21(32-20)25-19(28)18-16(23)5-2-6-17(18)24/h1-11H,(H,25,27,28). The van der Waals surface area contributed by atoms with Gasteiger partial charge < -0.3 is 4.18 Å². The van der Waals surface area contributed by atoms with Crippen LogP contribution in [0.5, 0.6) is 5.75 Å². The number of anilines is 1. The molecule has 0 fully saturated rings. The van der Waals surface area contributed by atoms with E-state index >= 15 is 0 Å². The Kier molecular flexibility index (Phi) is 6.11. The van der Waals surface area contributed by atoms with Crippen LogP contribution in [0.2, 0.25) is 0 Å².